The van der Waals surface area contributed by atoms with Crippen LogP contribution >= 0.6 is 0 Å². The first-order valence-electron chi connectivity index (χ1n) is 13.9. The van der Waals surface area contributed by atoms with E-state index in [1.165, 1.54) is 16.4 Å². The highest BCUT2D eigenvalue weighted by atomic mass is 32.2. The van der Waals surface area contributed by atoms with E-state index in [0.717, 1.165) is 18.9 Å². The van der Waals surface area contributed by atoms with Crippen molar-refractivity contribution in [2.45, 2.75) is 62.9 Å². The molecule has 40 heavy (non-hydrogen) atoms. The summed E-state index contributed by atoms with van der Waals surface area (Å²) in [5, 5.41) is 6.35. The Labute approximate surface area is 235 Å². The summed E-state index contributed by atoms with van der Waals surface area (Å²) in [5.41, 5.74) is 1.05. The highest BCUT2D eigenvalue weighted by Gasteiger charge is 2.36. The largest absolute Gasteiger partial charge is 0.353 e. The van der Waals surface area contributed by atoms with Crippen molar-refractivity contribution >= 4 is 21.8 Å². The molecule has 2 amide bonds. The molecule has 3 atom stereocenters. The maximum atomic E-state index is 14.0. The quantitative estimate of drug-likeness (QED) is 0.429. The number of carbonyl (C=O) groups is 2. The van der Waals surface area contributed by atoms with Crippen LogP contribution in [0.15, 0.2) is 47.4 Å². The zero-order valence-corrected chi connectivity index (χ0v) is 23.9. The SMILES string of the molecule is CCCCN1CC(C(=O)NC(Cc2cc(F)cc(F)c2)C[C@H]2CN(S(=O)(=O)c3ccccc3C)CCN2)CC1=O. The van der Waals surface area contributed by atoms with Gasteiger partial charge in [0.2, 0.25) is 21.8 Å². The third-order valence-electron chi connectivity index (χ3n) is 7.62. The molecule has 2 aliphatic rings. The van der Waals surface area contributed by atoms with Gasteiger partial charge in [0.25, 0.3) is 0 Å². The lowest BCUT2D eigenvalue weighted by atomic mass is 9.97. The number of hydrogen-bond donors (Lipinski definition) is 2. The summed E-state index contributed by atoms with van der Waals surface area (Å²) >= 11 is 0. The normalized spacial score (nSPS) is 21.0. The van der Waals surface area contributed by atoms with Crippen LogP contribution in [-0.2, 0) is 26.0 Å². The maximum Gasteiger partial charge on any atom is 0.243 e. The Hall–Kier alpha value is -2.89. The van der Waals surface area contributed by atoms with Gasteiger partial charge in [-0.3, -0.25) is 9.59 Å². The van der Waals surface area contributed by atoms with Crippen molar-refractivity contribution in [1.29, 1.82) is 0 Å². The number of rotatable bonds is 11. The molecular weight excluding hydrogens is 538 g/mol. The van der Waals surface area contributed by atoms with E-state index in [4.69, 9.17) is 0 Å². The average molecular weight is 577 g/mol. The second kappa shape index (κ2) is 13.2. The van der Waals surface area contributed by atoms with E-state index in [9.17, 15) is 26.8 Å². The molecule has 0 aliphatic carbocycles. The minimum absolute atomic E-state index is 0.0525. The van der Waals surface area contributed by atoms with Gasteiger partial charge in [0, 0.05) is 57.3 Å². The molecule has 0 spiro atoms. The fourth-order valence-electron chi connectivity index (χ4n) is 5.54. The molecule has 2 aromatic rings. The Bertz CT molecular complexity index is 1300. The van der Waals surface area contributed by atoms with E-state index in [1.54, 1.807) is 36.1 Å². The lowest BCUT2D eigenvalue weighted by molar-refractivity contribution is -0.129. The molecule has 2 unspecified atom stereocenters. The van der Waals surface area contributed by atoms with E-state index < -0.39 is 33.6 Å². The number of unbranched alkanes of at least 4 members (excludes halogenated alkanes) is 1. The van der Waals surface area contributed by atoms with Gasteiger partial charge in [0.05, 0.1) is 10.8 Å². The standard InChI is InChI=1S/C29H38F2N4O4S/c1-3-4-10-34-18-22(15-28(34)36)29(37)33-25(14-21-12-23(30)16-24(31)13-21)17-26-19-35(11-9-32-26)40(38,39)27-8-6-5-7-20(27)2/h5-8,12-13,16,22,25-26,32H,3-4,9-11,14-15,17-19H2,1-2H3,(H,33,37)/t22?,25?,26-/m0/s1. The number of halogens is 2. The summed E-state index contributed by atoms with van der Waals surface area (Å²) in [4.78, 5) is 27.7. The van der Waals surface area contributed by atoms with E-state index in [0.29, 0.717) is 43.7 Å². The van der Waals surface area contributed by atoms with Crippen LogP contribution in [0.4, 0.5) is 8.78 Å². The van der Waals surface area contributed by atoms with E-state index in [1.807, 2.05) is 6.92 Å². The van der Waals surface area contributed by atoms with Gasteiger partial charge in [-0.05, 0) is 55.5 Å². The number of nitrogens with one attached hydrogen (secondary N) is 2. The second-order valence-electron chi connectivity index (χ2n) is 10.8. The molecule has 2 aliphatic heterocycles. The fraction of sp³-hybridized carbons (Fsp3) is 0.517. The first kappa shape index (κ1) is 30.1. The lowest BCUT2D eigenvalue weighted by Gasteiger charge is -2.35. The lowest BCUT2D eigenvalue weighted by Crippen LogP contribution is -2.55. The molecule has 8 nitrogen and oxygen atoms in total. The molecule has 11 heteroatoms. The van der Waals surface area contributed by atoms with Crippen LogP contribution in [0.1, 0.15) is 43.7 Å². The van der Waals surface area contributed by atoms with Crippen molar-refractivity contribution < 1.29 is 26.8 Å². The van der Waals surface area contributed by atoms with Gasteiger partial charge in [0.1, 0.15) is 11.6 Å². The summed E-state index contributed by atoms with van der Waals surface area (Å²) in [5.74, 6) is -2.26. The first-order valence-corrected chi connectivity index (χ1v) is 15.3. The average Bonchev–Trinajstić information content (AvgIpc) is 3.27. The van der Waals surface area contributed by atoms with Crippen molar-refractivity contribution in [3.8, 4) is 0 Å². The topological polar surface area (TPSA) is 98.8 Å². The smallest absolute Gasteiger partial charge is 0.243 e. The van der Waals surface area contributed by atoms with Gasteiger partial charge in [-0.1, -0.05) is 31.5 Å². The number of carbonyl (C=O) groups excluding carboxylic acids is 2. The van der Waals surface area contributed by atoms with Crippen molar-refractivity contribution in [1.82, 2.24) is 19.8 Å². The minimum atomic E-state index is -3.72. The molecule has 2 saturated heterocycles. The summed E-state index contributed by atoms with van der Waals surface area (Å²) in [7, 11) is -3.72. The highest BCUT2D eigenvalue weighted by molar-refractivity contribution is 7.89. The van der Waals surface area contributed by atoms with Crippen LogP contribution in [0, 0.1) is 24.5 Å². The predicted octanol–water partition coefficient (Wildman–Crippen LogP) is 3.00. The molecule has 4 rings (SSSR count). The van der Waals surface area contributed by atoms with Gasteiger partial charge in [-0.25, -0.2) is 17.2 Å². The first-order chi connectivity index (χ1) is 19.1. The molecule has 0 saturated carbocycles. The molecule has 0 aromatic heterocycles. The molecule has 218 valence electrons. The van der Waals surface area contributed by atoms with Gasteiger partial charge in [0.15, 0.2) is 0 Å². The zero-order chi connectivity index (χ0) is 28.9. The number of amides is 2. The molecule has 2 heterocycles. The van der Waals surface area contributed by atoms with Crippen LogP contribution in [-0.4, -0.2) is 74.2 Å². The number of piperazine rings is 1. The Morgan fingerprint density at radius 2 is 1.88 bits per heavy atom. The molecule has 0 bridgehead atoms. The number of nitrogens with zero attached hydrogens (tertiary/aromatic N) is 2. The van der Waals surface area contributed by atoms with Crippen LogP contribution in [0.3, 0.4) is 0 Å². The van der Waals surface area contributed by atoms with Gasteiger partial charge in [-0.15, -0.1) is 0 Å². The van der Waals surface area contributed by atoms with Crippen molar-refractivity contribution in [2.24, 2.45) is 5.92 Å². The summed E-state index contributed by atoms with van der Waals surface area (Å²) in [6, 6.07) is 9.26. The van der Waals surface area contributed by atoms with Crippen molar-refractivity contribution in [2.75, 3.05) is 32.7 Å². The van der Waals surface area contributed by atoms with E-state index in [-0.39, 0.29) is 42.1 Å². The van der Waals surface area contributed by atoms with Crippen LogP contribution in [0.5, 0.6) is 0 Å². The molecular formula is C29H38F2N4O4S. The van der Waals surface area contributed by atoms with Gasteiger partial charge >= 0.3 is 0 Å². The third kappa shape index (κ3) is 7.44. The van der Waals surface area contributed by atoms with E-state index >= 15 is 0 Å². The Kier molecular flexibility index (Phi) is 9.91. The van der Waals surface area contributed by atoms with Crippen molar-refractivity contribution in [3.05, 3.63) is 65.2 Å². The van der Waals surface area contributed by atoms with Gasteiger partial charge in [-0.2, -0.15) is 4.31 Å². The van der Waals surface area contributed by atoms with Crippen LogP contribution in [0.25, 0.3) is 0 Å². The fourth-order valence-corrected chi connectivity index (χ4v) is 7.25. The number of aryl methyl sites for hydroxylation is 1. The molecule has 0 radical (unpaired) electrons. The minimum Gasteiger partial charge on any atom is -0.353 e. The molecule has 2 aromatic carbocycles. The Morgan fingerprint density at radius 1 is 1.15 bits per heavy atom. The number of hydrogen-bond acceptors (Lipinski definition) is 5. The number of likely N-dealkylation sites (tertiary alicyclic amines) is 1. The number of benzene rings is 2. The summed E-state index contributed by atoms with van der Waals surface area (Å²) in [6.45, 7) is 5.67. The van der Waals surface area contributed by atoms with Gasteiger partial charge < -0.3 is 15.5 Å². The summed E-state index contributed by atoms with van der Waals surface area (Å²) in [6.07, 6.45) is 2.43. The monoisotopic (exact) mass is 576 g/mol. The third-order valence-corrected chi connectivity index (χ3v) is 9.64. The van der Waals surface area contributed by atoms with E-state index in [2.05, 4.69) is 10.6 Å². The Morgan fingerprint density at radius 3 is 2.58 bits per heavy atom. The summed E-state index contributed by atoms with van der Waals surface area (Å²) < 4.78 is 56.2. The maximum absolute atomic E-state index is 14.0. The number of sulfonamides is 1. The zero-order valence-electron chi connectivity index (χ0n) is 23.0. The van der Waals surface area contributed by atoms with Crippen molar-refractivity contribution in [3.63, 3.8) is 0 Å². The van der Waals surface area contributed by atoms with Crippen LogP contribution in [0.2, 0.25) is 0 Å². The molecule has 2 fully saturated rings. The van der Waals surface area contributed by atoms with Crippen LogP contribution < -0.4 is 10.6 Å². The highest BCUT2D eigenvalue weighted by Crippen LogP contribution is 2.23. The second-order valence-corrected chi connectivity index (χ2v) is 12.7. The predicted molar refractivity (Wildman–Crippen MR) is 148 cm³/mol. The molecule has 2 N–H and O–H groups in total. The Balaban J connectivity index is 1.49.